The standard InChI is InChI=1S/C14H25NS/c1-3-5-6-9-13(15-11-4-2)14-10-7-8-12-16-14/h1,13-15H,4-12H2,2H3. The van der Waals surface area contributed by atoms with Crippen LogP contribution in [0.5, 0.6) is 0 Å². The number of rotatable bonds is 7. The fourth-order valence-corrected chi connectivity index (χ4v) is 3.73. The second kappa shape index (κ2) is 8.96. The normalized spacial score (nSPS) is 22.6. The molecule has 0 bridgehead atoms. The Bertz CT molecular complexity index is 203. The van der Waals surface area contributed by atoms with Gasteiger partial charge in [0.2, 0.25) is 0 Å². The van der Waals surface area contributed by atoms with Crippen molar-refractivity contribution in [3.05, 3.63) is 0 Å². The van der Waals surface area contributed by atoms with Crippen molar-refractivity contribution in [2.75, 3.05) is 12.3 Å². The Hall–Kier alpha value is -0.130. The molecule has 2 unspecified atom stereocenters. The minimum atomic E-state index is 0.693. The van der Waals surface area contributed by atoms with E-state index in [-0.39, 0.29) is 0 Å². The lowest BCUT2D eigenvalue weighted by molar-refractivity contribution is 0.432. The van der Waals surface area contributed by atoms with E-state index in [0.717, 1.165) is 18.2 Å². The van der Waals surface area contributed by atoms with Gasteiger partial charge in [-0.25, -0.2) is 0 Å². The third-order valence-electron chi connectivity index (χ3n) is 3.16. The van der Waals surface area contributed by atoms with E-state index < -0.39 is 0 Å². The van der Waals surface area contributed by atoms with Crippen molar-refractivity contribution in [1.82, 2.24) is 5.32 Å². The largest absolute Gasteiger partial charge is 0.313 e. The van der Waals surface area contributed by atoms with Gasteiger partial charge >= 0.3 is 0 Å². The van der Waals surface area contributed by atoms with Crippen molar-refractivity contribution in [1.29, 1.82) is 0 Å². The van der Waals surface area contributed by atoms with Gasteiger partial charge in [-0.2, -0.15) is 11.8 Å². The smallest absolute Gasteiger partial charge is 0.0201 e. The van der Waals surface area contributed by atoms with Crippen molar-refractivity contribution >= 4 is 11.8 Å². The number of terminal acetylenes is 1. The summed E-state index contributed by atoms with van der Waals surface area (Å²) in [6.45, 7) is 3.39. The molecule has 0 radical (unpaired) electrons. The van der Waals surface area contributed by atoms with Crippen molar-refractivity contribution in [2.45, 2.75) is 63.2 Å². The summed E-state index contributed by atoms with van der Waals surface area (Å²) in [5.74, 6) is 4.10. The third kappa shape index (κ3) is 5.27. The lowest BCUT2D eigenvalue weighted by atomic mass is 10.0. The summed E-state index contributed by atoms with van der Waals surface area (Å²) in [4.78, 5) is 0. The highest BCUT2D eigenvalue weighted by atomic mass is 32.2. The maximum absolute atomic E-state index is 5.32. The number of thioether (sulfide) groups is 1. The maximum atomic E-state index is 5.32. The fraction of sp³-hybridized carbons (Fsp3) is 0.857. The van der Waals surface area contributed by atoms with Crippen LogP contribution in [0.4, 0.5) is 0 Å². The van der Waals surface area contributed by atoms with E-state index in [4.69, 9.17) is 6.42 Å². The van der Waals surface area contributed by atoms with Gasteiger partial charge in [0.05, 0.1) is 0 Å². The van der Waals surface area contributed by atoms with E-state index in [2.05, 4.69) is 29.9 Å². The van der Waals surface area contributed by atoms with Gasteiger partial charge in [-0.3, -0.25) is 0 Å². The molecule has 2 heteroatoms. The third-order valence-corrected chi connectivity index (χ3v) is 4.67. The molecular weight excluding hydrogens is 214 g/mol. The Morgan fingerprint density at radius 3 is 3.00 bits per heavy atom. The van der Waals surface area contributed by atoms with Crippen LogP contribution in [0.2, 0.25) is 0 Å². The van der Waals surface area contributed by atoms with Crippen LogP contribution in [0.1, 0.15) is 51.9 Å². The second-order valence-electron chi connectivity index (χ2n) is 4.56. The van der Waals surface area contributed by atoms with Crippen LogP contribution >= 0.6 is 11.8 Å². The molecule has 0 aliphatic carbocycles. The van der Waals surface area contributed by atoms with Gasteiger partial charge in [-0.05, 0) is 44.4 Å². The molecule has 1 aliphatic rings. The number of unbranched alkanes of at least 4 members (excludes halogenated alkanes) is 1. The van der Waals surface area contributed by atoms with Crippen molar-refractivity contribution < 1.29 is 0 Å². The lowest BCUT2D eigenvalue weighted by Gasteiger charge is -2.30. The van der Waals surface area contributed by atoms with E-state index in [1.165, 1.54) is 44.3 Å². The van der Waals surface area contributed by atoms with Crippen molar-refractivity contribution in [3.8, 4) is 12.3 Å². The average Bonchev–Trinajstić information content (AvgIpc) is 2.35. The monoisotopic (exact) mass is 239 g/mol. The minimum absolute atomic E-state index is 0.693. The van der Waals surface area contributed by atoms with Crippen molar-refractivity contribution in [3.63, 3.8) is 0 Å². The van der Waals surface area contributed by atoms with Gasteiger partial charge in [-0.15, -0.1) is 12.3 Å². The molecule has 1 aliphatic heterocycles. The molecule has 0 spiro atoms. The zero-order chi connectivity index (χ0) is 11.6. The Labute approximate surface area is 105 Å². The highest BCUT2D eigenvalue weighted by Crippen LogP contribution is 2.29. The molecule has 2 atom stereocenters. The molecule has 1 nitrogen and oxygen atoms in total. The van der Waals surface area contributed by atoms with Crippen molar-refractivity contribution in [2.24, 2.45) is 0 Å². The molecule has 1 N–H and O–H groups in total. The first-order chi connectivity index (χ1) is 7.88. The molecule has 16 heavy (non-hydrogen) atoms. The van der Waals surface area contributed by atoms with Gasteiger partial charge in [-0.1, -0.05) is 13.3 Å². The first kappa shape index (κ1) is 13.9. The summed E-state index contributed by atoms with van der Waals surface area (Å²) in [5.41, 5.74) is 0. The van der Waals surface area contributed by atoms with Crippen LogP contribution in [-0.4, -0.2) is 23.6 Å². The first-order valence-corrected chi connectivity index (χ1v) is 7.71. The SMILES string of the molecule is C#CCCCC(NCCC)C1CCCCS1. The topological polar surface area (TPSA) is 12.0 Å². The van der Waals surface area contributed by atoms with Crippen LogP contribution in [0.15, 0.2) is 0 Å². The van der Waals surface area contributed by atoms with Crippen LogP contribution in [0.3, 0.4) is 0 Å². The summed E-state index contributed by atoms with van der Waals surface area (Å²) in [5, 5.41) is 4.54. The maximum Gasteiger partial charge on any atom is 0.0201 e. The Balaban J connectivity index is 2.32. The molecule has 1 saturated heterocycles. The van der Waals surface area contributed by atoms with Gasteiger partial charge in [0, 0.05) is 17.7 Å². The molecular formula is C14H25NS. The fourth-order valence-electron chi connectivity index (χ4n) is 2.26. The highest BCUT2D eigenvalue weighted by Gasteiger charge is 2.22. The van der Waals surface area contributed by atoms with E-state index in [0.29, 0.717) is 6.04 Å². The summed E-state index contributed by atoms with van der Waals surface area (Å²) >= 11 is 2.17. The minimum Gasteiger partial charge on any atom is -0.313 e. The van der Waals surface area contributed by atoms with Crippen LogP contribution < -0.4 is 5.32 Å². The van der Waals surface area contributed by atoms with E-state index >= 15 is 0 Å². The van der Waals surface area contributed by atoms with Crippen LogP contribution in [0, 0.1) is 12.3 Å². The average molecular weight is 239 g/mol. The summed E-state index contributed by atoms with van der Waals surface area (Å²) < 4.78 is 0. The van der Waals surface area contributed by atoms with Crippen LogP contribution in [0.25, 0.3) is 0 Å². The predicted octanol–water partition coefficient (Wildman–Crippen LogP) is 3.44. The molecule has 0 aromatic heterocycles. The molecule has 92 valence electrons. The quantitative estimate of drug-likeness (QED) is 0.539. The molecule has 0 aromatic rings. The zero-order valence-electron chi connectivity index (χ0n) is 10.5. The van der Waals surface area contributed by atoms with E-state index in [1.54, 1.807) is 0 Å². The molecule has 0 aromatic carbocycles. The number of hydrogen-bond donors (Lipinski definition) is 1. The van der Waals surface area contributed by atoms with Gasteiger partial charge in [0.15, 0.2) is 0 Å². The Kier molecular flexibility index (Phi) is 7.80. The number of nitrogens with one attached hydrogen (secondary N) is 1. The summed E-state index contributed by atoms with van der Waals surface area (Å²) in [7, 11) is 0. The second-order valence-corrected chi connectivity index (χ2v) is 5.91. The summed E-state index contributed by atoms with van der Waals surface area (Å²) in [6.07, 6.45) is 14.1. The molecule has 1 rings (SSSR count). The molecule has 1 heterocycles. The predicted molar refractivity (Wildman–Crippen MR) is 74.9 cm³/mol. The first-order valence-electron chi connectivity index (χ1n) is 6.67. The lowest BCUT2D eigenvalue weighted by Crippen LogP contribution is -2.39. The van der Waals surface area contributed by atoms with Gasteiger partial charge < -0.3 is 5.32 Å². The van der Waals surface area contributed by atoms with E-state index in [9.17, 15) is 0 Å². The van der Waals surface area contributed by atoms with Gasteiger partial charge in [0.1, 0.15) is 0 Å². The molecule has 1 fully saturated rings. The van der Waals surface area contributed by atoms with Gasteiger partial charge in [0.25, 0.3) is 0 Å². The van der Waals surface area contributed by atoms with Crippen LogP contribution in [-0.2, 0) is 0 Å². The molecule has 0 saturated carbocycles. The Morgan fingerprint density at radius 1 is 1.50 bits per heavy atom. The zero-order valence-corrected chi connectivity index (χ0v) is 11.3. The van der Waals surface area contributed by atoms with E-state index in [1.807, 2.05) is 0 Å². The number of hydrogen-bond acceptors (Lipinski definition) is 2. The highest BCUT2D eigenvalue weighted by molar-refractivity contribution is 8.00. The molecule has 0 amide bonds. The summed E-state index contributed by atoms with van der Waals surface area (Å²) in [6, 6.07) is 0.693. The Morgan fingerprint density at radius 2 is 2.38 bits per heavy atom.